The molecule has 0 unspecified atom stereocenters. The third-order valence-corrected chi connectivity index (χ3v) is 2.87. The van der Waals surface area contributed by atoms with Crippen LogP contribution in [0.25, 0.3) is 5.69 Å². The van der Waals surface area contributed by atoms with Gasteiger partial charge in [-0.15, -0.1) is 0 Å². The molecule has 0 radical (unpaired) electrons. The molecule has 0 saturated carbocycles. The summed E-state index contributed by atoms with van der Waals surface area (Å²) >= 11 is 0. The quantitative estimate of drug-likeness (QED) is 0.787. The Bertz CT molecular complexity index is 730. The highest BCUT2D eigenvalue weighted by atomic mass is 16.1. The second-order valence-electron chi connectivity index (χ2n) is 4.32. The zero-order valence-corrected chi connectivity index (χ0v) is 10.9. The van der Waals surface area contributed by atoms with E-state index in [1.54, 1.807) is 28.8 Å². The molecule has 1 amide bonds. The van der Waals surface area contributed by atoms with Gasteiger partial charge in [-0.05, 0) is 18.2 Å². The molecule has 2 heterocycles. The third kappa shape index (κ3) is 2.31. The predicted molar refractivity (Wildman–Crippen MR) is 74.7 cm³/mol. The summed E-state index contributed by atoms with van der Waals surface area (Å²) < 4.78 is 3.30. The first-order chi connectivity index (χ1) is 9.74. The lowest BCUT2D eigenvalue weighted by Gasteiger charge is -2.10. The van der Waals surface area contributed by atoms with Gasteiger partial charge in [0.05, 0.1) is 23.1 Å². The van der Waals surface area contributed by atoms with Crippen molar-refractivity contribution in [1.29, 1.82) is 0 Å². The lowest BCUT2D eigenvalue weighted by Crippen LogP contribution is -2.13. The van der Waals surface area contributed by atoms with E-state index >= 15 is 0 Å². The molecule has 20 heavy (non-hydrogen) atoms. The van der Waals surface area contributed by atoms with E-state index in [0.29, 0.717) is 11.3 Å². The Morgan fingerprint density at radius 3 is 2.75 bits per heavy atom. The normalized spacial score (nSPS) is 10.4. The van der Waals surface area contributed by atoms with Gasteiger partial charge < -0.3 is 5.32 Å². The second-order valence-corrected chi connectivity index (χ2v) is 4.32. The second kappa shape index (κ2) is 5.00. The third-order valence-electron chi connectivity index (χ3n) is 2.87. The van der Waals surface area contributed by atoms with Crippen LogP contribution in [-0.2, 0) is 7.05 Å². The van der Waals surface area contributed by atoms with E-state index in [1.807, 2.05) is 36.5 Å². The van der Waals surface area contributed by atoms with Crippen LogP contribution in [0.3, 0.4) is 0 Å². The molecule has 0 fully saturated rings. The van der Waals surface area contributed by atoms with Gasteiger partial charge in [-0.1, -0.05) is 12.1 Å². The summed E-state index contributed by atoms with van der Waals surface area (Å²) in [6.07, 6.45) is 6.73. The van der Waals surface area contributed by atoms with Crippen LogP contribution in [0, 0.1) is 0 Å². The Kier molecular flexibility index (Phi) is 3.04. The number of hydrogen-bond acceptors (Lipinski definition) is 3. The number of rotatable bonds is 3. The minimum atomic E-state index is -0.197. The molecule has 2 aromatic heterocycles. The van der Waals surface area contributed by atoms with Crippen LogP contribution < -0.4 is 5.32 Å². The summed E-state index contributed by atoms with van der Waals surface area (Å²) in [5, 5.41) is 11.0. The number of aromatic nitrogens is 4. The van der Waals surface area contributed by atoms with Crippen LogP contribution in [0.15, 0.2) is 55.1 Å². The zero-order valence-electron chi connectivity index (χ0n) is 10.9. The van der Waals surface area contributed by atoms with Crippen LogP contribution in [-0.4, -0.2) is 25.5 Å². The fourth-order valence-electron chi connectivity index (χ4n) is 1.92. The van der Waals surface area contributed by atoms with Crippen LogP contribution in [0.5, 0.6) is 0 Å². The Morgan fingerprint density at radius 2 is 2.05 bits per heavy atom. The van der Waals surface area contributed by atoms with E-state index in [9.17, 15) is 4.79 Å². The molecule has 6 nitrogen and oxygen atoms in total. The van der Waals surface area contributed by atoms with E-state index < -0.39 is 0 Å². The van der Waals surface area contributed by atoms with Crippen LogP contribution in [0.4, 0.5) is 5.69 Å². The van der Waals surface area contributed by atoms with Crippen LogP contribution in [0.1, 0.15) is 10.4 Å². The van der Waals surface area contributed by atoms with Crippen molar-refractivity contribution in [3.8, 4) is 5.69 Å². The maximum absolute atomic E-state index is 12.2. The molecule has 100 valence electrons. The van der Waals surface area contributed by atoms with Crippen molar-refractivity contribution in [2.24, 2.45) is 7.05 Å². The van der Waals surface area contributed by atoms with Gasteiger partial charge in [0.25, 0.3) is 5.91 Å². The van der Waals surface area contributed by atoms with Gasteiger partial charge in [0, 0.05) is 25.6 Å². The summed E-state index contributed by atoms with van der Waals surface area (Å²) in [5.74, 6) is -0.197. The number of aryl methyl sites for hydroxylation is 1. The summed E-state index contributed by atoms with van der Waals surface area (Å²) in [7, 11) is 1.77. The maximum Gasteiger partial charge on any atom is 0.258 e. The van der Waals surface area contributed by atoms with Gasteiger partial charge in [0.15, 0.2) is 0 Å². The largest absolute Gasteiger partial charge is 0.320 e. The van der Waals surface area contributed by atoms with Gasteiger partial charge in [0.1, 0.15) is 0 Å². The Morgan fingerprint density at radius 1 is 1.20 bits per heavy atom. The number of nitrogens with one attached hydrogen (secondary N) is 1. The van der Waals surface area contributed by atoms with Crippen molar-refractivity contribution in [2.75, 3.05) is 5.32 Å². The van der Waals surface area contributed by atoms with Gasteiger partial charge in [0.2, 0.25) is 0 Å². The summed E-state index contributed by atoms with van der Waals surface area (Å²) in [6.45, 7) is 0. The first-order valence-electron chi connectivity index (χ1n) is 6.13. The van der Waals surface area contributed by atoms with Crippen molar-refractivity contribution in [3.05, 3.63) is 60.7 Å². The average Bonchev–Trinajstić information content (AvgIpc) is 3.10. The Balaban J connectivity index is 1.90. The number of nitrogens with zero attached hydrogens (tertiary/aromatic N) is 4. The molecule has 0 spiro atoms. The van der Waals surface area contributed by atoms with Gasteiger partial charge in [-0.2, -0.15) is 10.2 Å². The van der Waals surface area contributed by atoms with Crippen LogP contribution >= 0.6 is 0 Å². The molecule has 0 aliphatic rings. The number of benzene rings is 1. The molecular weight excluding hydrogens is 254 g/mol. The molecule has 0 atom stereocenters. The van der Waals surface area contributed by atoms with Crippen molar-refractivity contribution in [2.45, 2.75) is 0 Å². The molecule has 0 aliphatic carbocycles. The molecule has 6 heteroatoms. The molecule has 3 aromatic rings. The minimum absolute atomic E-state index is 0.197. The number of carbonyl (C=O) groups excluding carboxylic acids is 1. The monoisotopic (exact) mass is 267 g/mol. The molecule has 3 rings (SSSR count). The molecule has 0 bridgehead atoms. The highest BCUT2D eigenvalue weighted by Crippen LogP contribution is 2.19. The average molecular weight is 267 g/mol. The van der Waals surface area contributed by atoms with Crippen molar-refractivity contribution in [1.82, 2.24) is 19.6 Å². The van der Waals surface area contributed by atoms with E-state index in [4.69, 9.17) is 0 Å². The standard InChI is InChI=1S/C14H13N5O/c1-18-10-11(9-16-18)14(20)17-12-5-2-3-6-13(12)19-8-4-7-15-19/h2-10H,1H3,(H,17,20). The minimum Gasteiger partial charge on any atom is -0.320 e. The number of anilines is 1. The van der Waals surface area contributed by atoms with Crippen molar-refractivity contribution >= 4 is 11.6 Å². The van der Waals surface area contributed by atoms with E-state index in [-0.39, 0.29) is 5.91 Å². The van der Waals surface area contributed by atoms with E-state index in [0.717, 1.165) is 5.69 Å². The topological polar surface area (TPSA) is 64.7 Å². The molecule has 1 aromatic carbocycles. The Labute approximate surface area is 115 Å². The van der Waals surface area contributed by atoms with Crippen molar-refractivity contribution < 1.29 is 4.79 Å². The SMILES string of the molecule is Cn1cc(C(=O)Nc2ccccc2-n2cccn2)cn1. The fourth-order valence-corrected chi connectivity index (χ4v) is 1.92. The van der Waals surface area contributed by atoms with Crippen LogP contribution in [0.2, 0.25) is 0 Å². The lowest BCUT2D eigenvalue weighted by molar-refractivity contribution is 0.102. The highest BCUT2D eigenvalue weighted by molar-refractivity contribution is 6.04. The smallest absolute Gasteiger partial charge is 0.258 e. The zero-order chi connectivity index (χ0) is 13.9. The first kappa shape index (κ1) is 12.2. The fraction of sp³-hybridized carbons (Fsp3) is 0.0714. The predicted octanol–water partition coefficient (Wildman–Crippen LogP) is 1.86. The van der Waals surface area contributed by atoms with Crippen molar-refractivity contribution in [3.63, 3.8) is 0 Å². The van der Waals surface area contributed by atoms with E-state index in [2.05, 4.69) is 15.5 Å². The summed E-state index contributed by atoms with van der Waals surface area (Å²) in [6, 6.07) is 9.33. The van der Waals surface area contributed by atoms with Gasteiger partial charge in [-0.25, -0.2) is 4.68 Å². The number of carbonyl (C=O) groups is 1. The number of amides is 1. The Hall–Kier alpha value is -2.89. The first-order valence-corrected chi connectivity index (χ1v) is 6.13. The van der Waals surface area contributed by atoms with Gasteiger partial charge in [-0.3, -0.25) is 9.48 Å². The number of para-hydroxylation sites is 2. The van der Waals surface area contributed by atoms with E-state index in [1.165, 1.54) is 6.20 Å². The molecule has 0 aliphatic heterocycles. The number of hydrogen-bond donors (Lipinski definition) is 1. The maximum atomic E-state index is 12.2. The molecule has 0 saturated heterocycles. The van der Waals surface area contributed by atoms with Gasteiger partial charge >= 0.3 is 0 Å². The molecular formula is C14H13N5O. The summed E-state index contributed by atoms with van der Waals surface area (Å²) in [5.41, 5.74) is 2.03. The highest BCUT2D eigenvalue weighted by Gasteiger charge is 2.11. The lowest BCUT2D eigenvalue weighted by atomic mass is 10.2. The summed E-state index contributed by atoms with van der Waals surface area (Å²) in [4.78, 5) is 12.2. The molecule has 1 N–H and O–H groups in total.